The summed E-state index contributed by atoms with van der Waals surface area (Å²) in [6, 6.07) is 5.60. The molecule has 0 heterocycles. The molecule has 10 heavy (non-hydrogen) atoms. The first-order valence-corrected chi connectivity index (χ1v) is 2.74. The second-order valence-electron chi connectivity index (χ2n) is 1.45. The zero-order chi connectivity index (χ0) is 7.98. The maximum absolute atomic E-state index is 12.1. The van der Waals surface area contributed by atoms with Crippen molar-refractivity contribution in [2.75, 3.05) is 0 Å². The van der Waals surface area contributed by atoms with Gasteiger partial charge in [-0.15, -0.1) is 13.2 Å². The van der Waals surface area contributed by atoms with Crippen molar-refractivity contribution in [3.63, 3.8) is 0 Å². The summed E-state index contributed by atoms with van der Waals surface area (Å²) in [4.78, 5) is 0. The van der Waals surface area contributed by atoms with Crippen LogP contribution in [-0.4, -0.2) is 5.11 Å². The third-order valence-electron chi connectivity index (χ3n) is 0.852. The first-order chi connectivity index (χ1) is 4.80. The van der Waals surface area contributed by atoms with E-state index in [2.05, 4.69) is 13.2 Å². The van der Waals surface area contributed by atoms with Gasteiger partial charge in [-0.3, -0.25) is 0 Å². The number of phenols is 1. The SMILES string of the molecule is C=C.Oc1ccccc1F. The molecule has 1 aromatic carbocycles. The fourth-order valence-electron chi connectivity index (χ4n) is 0.452. The first kappa shape index (κ1) is 8.69. The summed E-state index contributed by atoms with van der Waals surface area (Å²) in [6.07, 6.45) is 0. The lowest BCUT2D eigenvalue weighted by Crippen LogP contribution is -1.70. The number of rotatable bonds is 0. The largest absolute Gasteiger partial charge is 0.505 e. The summed E-state index contributed by atoms with van der Waals surface area (Å²) >= 11 is 0. The van der Waals surface area contributed by atoms with Gasteiger partial charge in [0, 0.05) is 0 Å². The quantitative estimate of drug-likeness (QED) is 0.548. The molecule has 2 heteroatoms. The van der Waals surface area contributed by atoms with Crippen LogP contribution in [0.2, 0.25) is 0 Å². The molecule has 0 aliphatic rings. The van der Waals surface area contributed by atoms with Crippen LogP contribution in [0.15, 0.2) is 37.4 Å². The summed E-state index contributed by atoms with van der Waals surface area (Å²) in [5, 5.41) is 8.54. The Hall–Kier alpha value is -1.31. The van der Waals surface area contributed by atoms with Gasteiger partial charge in [0.25, 0.3) is 0 Å². The van der Waals surface area contributed by atoms with Crippen LogP contribution in [0.3, 0.4) is 0 Å². The molecular weight excluding hydrogens is 131 g/mol. The predicted molar refractivity (Wildman–Crippen MR) is 39.3 cm³/mol. The van der Waals surface area contributed by atoms with E-state index in [0.717, 1.165) is 0 Å². The van der Waals surface area contributed by atoms with Crippen molar-refractivity contribution >= 4 is 0 Å². The van der Waals surface area contributed by atoms with E-state index in [1.165, 1.54) is 18.2 Å². The van der Waals surface area contributed by atoms with Crippen molar-refractivity contribution in [1.82, 2.24) is 0 Å². The molecular formula is C8H9FO. The molecule has 0 saturated carbocycles. The van der Waals surface area contributed by atoms with Gasteiger partial charge in [0.1, 0.15) is 0 Å². The maximum Gasteiger partial charge on any atom is 0.164 e. The first-order valence-electron chi connectivity index (χ1n) is 2.74. The summed E-state index contributed by atoms with van der Waals surface area (Å²) in [5.74, 6) is -0.875. The van der Waals surface area contributed by atoms with Crippen LogP contribution >= 0.6 is 0 Å². The van der Waals surface area contributed by atoms with Gasteiger partial charge in [0.2, 0.25) is 0 Å². The van der Waals surface area contributed by atoms with E-state index < -0.39 is 5.82 Å². The molecule has 0 aromatic heterocycles. The van der Waals surface area contributed by atoms with Gasteiger partial charge >= 0.3 is 0 Å². The van der Waals surface area contributed by atoms with Gasteiger partial charge in [0.15, 0.2) is 11.6 Å². The molecule has 0 bridgehead atoms. The Labute approximate surface area is 59.4 Å². The molecule has 0 radical (unpaired) electrons. The Morgan fingerprint density at radius 3 is 2.00 bits per heavy atom. The minimum atomic E-state index is -0.576. The molecule has 0 atom stereocenters. The zero-order valence-corrected chi connectivity index (χ0v) is 5.55. The second-order valence-corrected chi connectivity index (χ2v) is 1.45. The van der Waals surface area contributed by atoms with Gasteiger partial charge in [-0.1, -0.05) is 12.1 Å². The lowest BCUT2D eigenvalue weighted by Gasteiger charge is -1.88. The van der Waals surface area contributed by atoms with Gasteiger partial charge in [-0.2, -0.15) is 0 Å². The summed E-state index contributed by atoms with van der Waals surface area (Å²) < 4.78 is 12.1. The fourth-order valence-corrected chi connectivity index (χ4v) is 0.452. The van der Waals surface area contributed by atoms with E-state index in [9.17, 15) is 4.39 Å². The van der Waals surface area contributed by atoms with E-state index in [0.29, 0.717) is 0 Å². The van der Waals surface area contributed by atoms with Gasteiger partial charge < -0.3 is 5.11 Å². The molecule has 0 unspecified atom stereocenters. The van der Waals surface area contributed by atoms with Crippen molar-refractivity contribution in [2.45, 2.75) is 0 Å². The topological polar surface area (TPSA) is 20.2 Å². The monoisotopic (exact) mass is 140 g/mol. The van der Waals surface area contributed by atoms with Crippen molar-refractivity contribution in [1.29, 1.82) is 0 Å². The van der Waals surface area contributed by atoms with E-state index >= 15 is 0 Å². The average Bonchev–Trinajstić information content (AvgIpc) is 2.00. The summed E-state index contributed by atoms with van der Waals surface area (Å²) in [6.45, 7) is 6.00. The number of hydrogen-bond donors (Lipinski definition) is 1. The third-order valence-corrected chi connectivity index (χ3v) is 0.852. The van der Waals surface area contributed by atoms with E-state index in [-0.39, 0.29) is 5.75 Å². The van der Waals surface area contributed by atoms with Crippen LogP contribution in [0.25, 0.3) is 0 Å². The molecule has 0 fully saturated rings. The van der Waals surface area contributed by atoms with Gasteiger partial charge in [0.05, 0.1) is 0 Å². The minimum Gasteiger partial charge on any atom is -0.505 e. The van der Waals surface area contributed by atoms with Crippen LogP contribution in [0.1, 0.15) is 0 Å². The lowest BCUT2D eigenvalue weighted by atomic mass is 10.3. The van der Waals surface area contributed by atoms with E-state index in [4.69, 9.17) is 5.11 Å². The van der Waals surface area contributed by atoms with Crippen LogP contribution in [0, 0.1) is 5.82 Å². The van der Waals surface area contributed by atoms with E-state index in [1.807, 2.05) is 0 Å². The number of para-hydroxylation sites is 1. The highest BCUT2D eigenvalue weighted by atomic mass is 19.1. The van der Waals surface area contributed by atoms with Gasteiger partial charge in [-0.05, 0) is 12.1 Å². The van der Waals surface area contributed by atoms with E-state index in [1.54, 1.807) is 6.07 Å². The zero-order valence-electron chi connectivity index (χ0n) is 5.55. The number of benzene rings is 1. The molecule has 1 rings (SSSR count). The number of hydrogen-bond acceptors (Lipinski definition) is 1. The Balaban J connectivity index is 0.000000371. The normalized spacial score (nSPS) is 7.70. The number of halogens is 1. The molecule has 0 aliphatic carbocycles. The fraction of sp³-hybridized carbons (Fsp3) is 0. The molecule has 0 spiro atoms. The highest BCUT2D eigenvalue weighted by molar-refractivity contribution is 5.21. The van der Waals surface area contributed by atoms with Crippen molar-refractivity contribution < 1.29 is 9.50 Å². The molecule has 1 nitrogen and oxygen atoms in total. The molecule has 0 amide bonds. The highest BCUT2D eigenvalue weighted by Crippen LogP contribution is 2.11. The standard InChI is InChI=1S/C6H5FO.C2H4/c7-5-3-1-2-4-6(5)8;1-2/h1-4,8H;1-2H2. The van der Waals surface area contributed by atoms with Crippen LogP contribution in [-0.2, 0) is 0 Å². The second kappa shape index (κ2) is 4.56. The smallest absolute Gasteiger partial charge is 0.164 e. The minimum absolute atomic E-state index is 0.299. The molecule has 54 valence electrons. The Kier molecular flexibility index (Phi) is 3.96. The summed E-state index contributed by atoms with van der Waals surface area (Å²) in [5.41, 5.74) is 0. The summed E-state index contributed by atoms with van der Waals surface area (Å²) in [7, 11) is 0. The van der Waals surface area contributed by atoms with Crippen molar-refractivity contribution in [2.24, 2.45) is 0 Å². The van der Waals surface area contributed by atoms with Crippen LogP contribution in [0.4, 0.5) is 4.39 Å². The van der Waals surface area contributed by atoms with Crippen molar-refractivity contribution in [3.8, 4) is 5.75 Å². The highest BCUT2D eigenvalue weighted by Gasteiger charge is 1.91. The average molecular weight is 140 g/mol. The van der Waals surface area contributed by atoms with Gasteiger partial charge in [-0.25, -0.2) is 4.39 Å². The molecule has 1 aromatic rings. The molecule has 1 N–H and O–H groups in total. The molecule has 0 aliphatic heterocycles. The van der Waals surface area contributed by atoms with Crippen LogP contribution in [0.5, 0.6) is 5.75 Å². The Bertz CT molecular complexity index is 177. The third kappa shape index (κ3) is 2.31. The van der Waals surface area contributed by atoms with Crippen LogP contribution < -0.4 is 0 Å². The Morgan fingerprint density at radius 2 is 1.70 bits per heavy atom. The number of phenolic OH excluding ortho intramolecular Hbond substituents is 1. The maximum atomic E-state index is 12.1. The predicted octanol–water partition coefficient (Wildman–Crippen LogP) is 2.33. The van der Waals surface area contributed by atoms with Crippen molar-refractivity contribution in [3.05, 3.63) is 43.2 Å². The number of aromatic hydroxyl groups is 1. The Morgan fingerprint density at radius 1 is 1.20 bits per heavy atom. The molecule has 0 saturated heterocycles. The lowest BCUT2D eigenvalue weighted by molar-refractivity contribution is 0.432.